The van der Waals surface area contributed by atoms with Crippen LogP contribution in [0.2, 0.25) is 0 Å². The average Bonchev–Trinajstić information content (AvgIpc) is 2.35. The number of carbonyl (C=O) groups excluding carboxylic acids is 2. The molecule has 20 heavy (non-hydrogen) atoms. The molecule has 0 aromatic heterocycles. The Morgan fingerprint density at radius 3 is 2.15 bits per heavy atom. The van der Waals surface area contributed by atoms with Gasteiger partial charge in [0.15, 0.2) is 6.54 Å². The number of nitrogens with one attached hydrogen (secondary N) is 2. The summed E-state index contributed by atoms with van der Waals surface area (Å²) in [7, 11) is 0. The summed E-state index contributed by atoms with van der Waals surface area (Å²) in [5.74, 6) is 2.50. The zero-order valence-electron chi connectivity index (χ0n) is 12.3. The molecule has 0 atom stereocenters. The van der Waals surface area contributed by atoms with Crippen molar-refractivity contribution in [1.29, 1.82) is 0 Å². The first-order valence-corrected chi connectivity index (χ1v) is 8.00. The lowest BCUT2D eigenvalue weighted by Crippen LogP contribution is -3.00. The van der Waals surface area contributed by atoms with Gasteiger partial charge in [-0.05, 0) is 43.9 Å². The van der Waals surface area contributed by atoms with Gasteiger partial charge in [0.05, 0.1) is 5.54 Å². The van der Waals surface area contributed by atoms with E-state index < -0.39 is 0 Å². The van der Waals surface area contributed by atoms with Crippen molar-refractivity contribution in [3.63, 3.8) is 0 Å². The van der Waals surface area contributed by atoms with Crippen LogP contribution in [0.5, 0.6) is 0 Å². The molecule has 0 saturated heterocycles. The van der Waals surface area contributed by atoms with Crippen molar-refractivity contribution in [3.8, 4) is 0 Å². The smallest absolute Gasteiger partial charge is 0.321 e. The van der Waals surface area contributed by atoms with Gasteiger partial charge in [-0.1, -0.05) is 0 Å². The Balaban J connectivity index is 1.51. The number of amides is 3. The Labute approximate surface area is 120 Å². The highest BCUT2D eigenvalue weighted by molar-refractivity contribution is 5.94. The molecular formula is C15H26N3O2+. The molecule has 0 aromatic carbocycles. The molecule has 4 N–H and O–H groups in total. The second-order valence-electron chi connectivity index (χ2n) is 7.10. The highest BCUT2D eigenvalue weighted by Crippen LogP contribution is 2.54. The predicted octanol–water partition coefficient (Wildman–Crippen LogP) is 0.364. The molecule has 5 heteroatoms. The first-order valence-electron chi connectivity index (χ1n) is 8.00. The summed E-state index contributed by atoms with van der Waals surface area (Å²) in [6.45, 7) is 2.76. The van der Waals surface area contributed by atoms with Crippen LogP contribution in [0.4, 0.5) is 4.79 Å². The maximum absolute atomic E-state index is 11.8. The summed E-state index contributed by atoms with van der Waals surface area (Å²) in [4.78, 5) is 23.1. The molecule has 0 spiro atoms. The van der Waals surface area contributed by atoms with E-state index in [9.17, 15) is 9.59 Å². The summed E-state index contributed by atoms with van der Waals surface area (Å²) in [5, 5.41) is 7.21. The van der Waals surface area contributed by atoms with Gasteiger partial charge >= 0.3 is 6.03 Å². The zero-order valence-corrected chi connectivity index (χ0v) is 12.3. The molecule has 0 unspecified atom stereocenters. The highest BCUT2D eigenvalue weighted by atomic mass is 16.2. The summed E-state index contributed by atoms with van der Waals surface area (Å²) in [6.07, 6.45) is 8.06. The number of urea groups is 1. The van der Waals surface area contributed by atoms with Crippen molar-refractivity contribution in [2.45, 2.75) is 51.0 Å². The lowest BCUT2D eigenvalue weighted by Gasteiger charge is -2.54. The molecule has 4 bridgehead atoms. The van der Waals surface area contributed by atoms with Crippen molar-refractivity contribution < 1.29 is 14.9 Å². The predicted molar refractivity (Wildman–Crippen MR) is 74.9 cm³/mol. The molecule has 4 fully saturated rings. The van der Waals surface area contributed by atoms with Crippen molar-refractivity contribution in [3.05, 3.63) is 0 Å². The van der Waals surface area contributed by atoms with E-state index in [4.69, 9.17) is 0 Å². The van der Waals surface area contributed by atoms with Crippen molar-refractivity contribution >= 4 is 11.9 Å². The van der Waals surface area contributed by atoms with Crippen LogP contribution in [0.25, 0.3) is 0 Å². The number of hydrogen-bond acceptors (Lipinski definition) is 2. The fraction of sp³-hybridized carbons (Fsp3) is 0.867. The zero-order chi connectivity index (χ0) is 14.2. The summed E-state index contributed by atoms with van der Waals surface area (Å²) < 4.78 is 0. The lowest BCUT2D eigenvalue weighted by molar-refractivity contribution is -0.730. The molecule has 0 radical (unpaired) electrons. The molecule has 0 aliphatic heterocycles. The van der Waals surface area contributed by atoms with Gasteiger partial charge in [0, 0.05) is 25.8 Å². The van der Waals surface area contributed by atoms with Gasteiger partial charge in [-0.2, -0.15) is 0 Å². The number of carbonyl (C=O) groups is 2. The van der Waals surface area contributed by atoms with Crippen molar-refractivity contribution in [1.82, 2.24) is 10.6 Å². The third-order valence-corrected chi connectivity index (χ3v) is 5.40. The minimum atomic E-state index is -0.378. The monoisotopic (exact) mass is 280 g/mol. The topological polar surface area (TPSA) is 74.8 Å². The van der Waals surface area contributed by atoms with Gasteiger partial charge < -0.3 is 10.6 Å². The maximum atomic E-state index is 11.8. The number of rotatable bonds is 4. The van der Waals surface area contributed by atoms with Gasteiger partial charge in [-0.25, -0.2) is 4.79 Å². The average molecular weight is 280 g/mol. The third kappa shape index (κ3) is 2.82. The van der Waals surface area contributed by atoms with Gasteiger partial charge in [-0.15, -0.1) is 0 Å². The van der Waals surface area contributed by atoms with Crippen LogP contribution >= 0.6 is 0 Å². The Kier molecular flexibility index (Phi) is 3.71. The third-order valence-electron chi connectivity index (χ3n) is 5.40. The molecule has 5 nitrogen and oxygen atoms in total. The van der Waals surface area contributed by atoms with E-state index in [1.54, 1.807) is 0 Å². The van der Waals surface area contributed by atoms with E-state index in [2.05, 4.69) is 16.0 Å². The van der Waals surface area contributed by atoms with E-state index in [1.807, 2.05) is 6.92 Å². The van der Waals surface area contributed by atoms with Crippen molar-refractivity contribution in [2.24, 2.45) is 17.8 Å². The number of hydrogen-bond donors (Lipinski definition) is 3. The quantitative estimate of drug-likeness (QED) is 0.696. The van der Waals surface area contributed by atoms with Crippen LogP contribution in [0, 0.1) is 17.8 Å². The number of quaternary nitrogens is 1. The first-order chi connectivity index (χ1) is 9.58. The molecule has 4 aliphatic carbocycles. The minimum absolute atomic E-state index is 0.174. The molecule has 112 valence electrons. The van der Waals surface area contributed by atoms with Crippen LogP contribution in [0.3, 0.4) is 0 Å². The second-order valence-corrected chi connectivity index (χ2v) is 7.10. The highest BCUT2D eigenvalue weighted by Gasteiger charge is 2.53. The number of imide groups is 1. The molecular weight excluding hydrogens is 254 g/mol. The molecule has 0 aromatic rings. The molecule has 3 amide bonds. The van der Waals surface area contributed by atoms with E-state index in [1.165, 1.54) is 38.5 Å². The first kappa shape index (κ1) is 13.9. The fourth-order valence-electron chi connectivity index (χ4n) is 5.12. The van der Waals surface area contributed by atoms with E-state index in [0.717, 1.165) is 17.8 Å². The summed E-state index contributed by atoms with van der Waals surface area (Å²) in [5.41, 5.74) is 0.299. The largest absolute Gasteiger partial charge is 0.338 e. The Morgan fingerprint density at radius 1 is 1.10 bits per heavy atom. The van der Waals surface area contributed by atoms with Gasteiger partial charge in [0.25, 0.3) is 5.91 Å². The van der Waals surface area contributed by atoms with E-state index >= 15 is 0 Å². The number of nitrogens with two attached hydrogens (primary N) is 1. The second kappa shape index (κ2) is 5.35. The maximum Gasteiger partial charge on any atom is 0.321 e. The Morgan fingerprint density at radius 2 is 1.65 bits per heavy atom. The van der Waals surface area contributed by atoms with Crippen LogP contribution in [-0.2, 0) is 4.79 Å². The molecule has 0 heterocycles. The summed E-state index contributed by atoms with van der Waals surface area (Å²) >= 11 is 0. The van der Waals surface area contributed by atoms with Crippen LogP contribution in [-0.4, -0.2) is 30.6 Å². The standard InChI is InChI=1S/C15H25N3O2/c1-2-16-14(20)18-13(19)9-17-15-6-10-3-11(7-15)5-12(4-10)8-15/h10-12,17H,2-9H2,1H3,(H2,16,18,19,20)/p+1. The van der Waals surface area contributed by atoms with E-state index in [0.29, 0.717) is 18.6 Å². The van der Waals surface area contributed by atoms with Crippen LogP contribution < -0.4 is 16.0 Å². The summed E-state index contributed by atoms with van der Waals surface area (Å²) in [6, 6.07) is -0.378. The van der Waals surface area contributed by atoms with E-state index in [-0.39, 0.29) is 11.9 Å². The van der Waals surface area contributed by atoms with Gasteiger partial charge in [-0.3, -0.25) is 10.1 Å². The molecule has 4 aliphatic rings. The van der Waals surface area contributed by atoms with Gasteiger partial charge in [0.1, 0.15) is 0 Å². The van der Waals surface area contributed by atoms with Crippen LogP contribution in [0.1, 0.15) is 45.4 Å². The SMILES string of the molecule is CCNC(=O)NC(=O)C[NH2+]C12CC3CC(CC(C3)C1)C2. The Hall–Kier alpha value is -1.10. The van der Waals surface area contributed by atoms with Crippen molar-refractivity contribution in [2.75, 3.05) is 13.1 Å². The lowest BCUT2D eigenvalue weighted by atomic mass is 9.53. The molecule has 4 rings (SSSR count). The molecule has 4 saturated carbocycles. The Bertz CT molecular complexity index is 373. The normalized spacial score (nSPS) is 37.8. The minimum Gasteiger partial charge on any atom is -0.338 e. The van der Waals surface area contributed by atoms with Gasteiger partial charge in [0.2, 0.25) is 0 Å². The fourth-order valence-corrected chi connectivity index (χ4v) is 5.12. The van der Waals surface area contributed by atoms with Crippen LogP contribution in [0.15, 0.2) is 0 Å².